The van der Waals surface area contributed by atoms with Crippen molar-refractivity contribution in [1.29, 1.82) is 0 Å². The molecule has 0 aliphatic heterocycles. The lowest BCUT2D eigenvalue weighted by Gasteiger charge is -2.39. The van der Waals surface area contributed by atoms with Crippen molar-refractivity contribution >= 4 is 5.97 Å². The molecule has 0 unspecified atom stereocenters. The molecule has 0 aromatic carbocycles. The lowest BCUT2D eigenvalue weighted by atomic mass is 9.66. The first-order valence-corrected chi connectivity index (χ1v) is 6.36. The third-order valence-electron chi connectivity index (χ3n) is 3.96. The molecule has 0 aromatic rings. The smallest absolute Gasteiger partial charge is 0.306 e. The van der Waals surface area contributed by atoms with Gasteiger partial charge >= 0.3 is 5.97 Å². The number of hydrogen-bond acceptors (Lipinski definition) is 1. The lowest BCUT2D eigenvalue weighted by Crippen LogP contribution is -2.30. The lowest BCUT2D eigenvalue weighted by molar-refractivity contribution is -0.143. The van der Waals surface area contributed by atoms with Crippen LogP contribution in [0.5, 0.6) is 0 Å². The van der Waals surface area contributed by atoms with Gasteiger partial charge in [-0.15, -0.1) is 0 Å². The highest BCUT2D eigenvalue weighted by Crippen LogP contribution is 2.45. The van der Waals surface area contributed by atoms with Crippen molar-refractivity contribution in [2.75, 3.05) is 0 Å². The summed E-state index contributed by atoms with van der Waals surface area (Å²) in [4.78, 5) is 10.9. The fraction of sp³-hybridized carbons (Fsp3) is 0.923. The minimum Gasteiger partial charge on any atom is -0.481 e. The number of rotatable bonds is 5. The molecule has 1 aliphatic rings. The summed E-state index contributed by atoms with van der Waals surface area (Å²) in [6.07, 6.45) is 9.10. The van der Waals surface area contributed by atoms with Crippen LogP contribution in [0.2, 0.25) is 0 Å². The quantitative estimate of drug-likeness (QED) is 0.751. The number of carboxylic acid groups (broad SMARTS) is 1. The summed E-state index contributed by atoms with van der Waals surface area (Å²) in [7, 11) is 0. The van der Waals surface area contributed by atoms with Crippen molar-refractivity contribution in [3.05, 3.63) is 0 Å². The average Bonchev–Trinajstić information content (AvgIpc) is 2.19. The van der Waals surface area contributed by atoms with Gasteiger partial charge in [-0.25, -0.2) is 0 Å². The predicted octanol–water partition coefficient (Wildman–Crippen LogP) is 3.85. The molecule has 2 heteroatoms. The van der Waals surface area contributed by atoms with E-state index in [-0.39, 0.29) is 5.92 Å². The van der Waals surface area contributed by atoms with Crippen LogP contribution in [0.15, 0.2) is 0 Å². The average molecular weight is 212 g/mol. The third-order valence-corrected chi connectivity index (χ3v) is 3.96. The summed E-state index contributed by atoms with van der Waals surface area (Å²) in [6.45, 7) is 4.47. The second-order valence-corrected chi connectivity index (χ2v) is 5.11. The van der Waals surface area contributed by atoms with Crippen LogP contribution in [0.25, 0.3) is 0 Å². The largest absolute Gasteiger partial charge is 0.481 e. The van der Waals surface area contributed by atoms with Gasteiger partial charge in [0.2, 0.25) is 0 Å². The van der Waals surface area contributed by atoms with Crippen LogP contribution in [-0.4, -0.2) is 11.1 Å². The van der Waals surface area contributed by atoms with Crippen LogP contribution < -0.4 is 0 Å². The Labute approximate surface area is 93.1 Å². The molecule has 15 heavy (non-hydrogen) atoms. The first-order chi connectivity index (χ1) is 7.13. The van der Waals surface area contributed by atoms with E-state index in [1.807, 2.05) is 0 Å². The maximum Gasteiger partial charge on any atom is 0.306 e. The van der Waals surface area contributed by atoms with Crippen molar-refractivity contribution in [3.8, 4) is 0 Å². The molecular formula is C13H24O2. The topological polar surface area (TPSA) is 37.3 Å². The summed E-state index contributed by atoms with van der Waals surface area (Å²) >= 11 is 0. The Balaban J connectivity index is 2.52. The Morgan fingerprint density at radius 1 is 1.20 bits per heavy atom. The van der Waals surface area contributed by atoms with Crippen LogP contribution in [0.4, 0.5) is 0 Å². The van der Waals surface area contributed by atoms with Gasteiger partial charge in [0.15, 0.2) is 0 Å². The van der Waals surface area contributed by atoms with E-state index >= 15 is 0 Å². The van der Waals surface area contributed by atoms with Crippen LogP contribution >= 0.6 is 0 Å². The van der Waals surface area contributed by atoms with Gasteiger partial charge in [0.25, 0.3) is 0 Å². The van der Waals surface area contributed by atoms with E-state index in [1.54, 1.807) is 0 Å². The van der Waals surface area contributed by atoms with Crippen LogP contribution in [0.3, 0.4) is 0 Å². The van der Waals surface area contributed by atoms with Crippen molar-refractivity contribution < 1.29 is 9.90 Å². The maximum absolute atomic E-state index is 10.9. The van der Waals surface area contributed by atoms with E-state index in [1.165, 1.54) is 25.7 Å². The van der Waals surface area contributed by atoms with Crippen molar-refractivity contribution in [3.63, 3.8) is 0 Å². The molecule has 0 heterocycles. The molecule has 0 aromatic heterocycles. The maximum atomic E-state index is 10.9. The van der Waals surface area contributed by atoms with Crippen LogP contribution in [0.1, 0.15) is 65.2 Å². The van der Waals surface area contributed by atoms with E-state index in [9.17, 15) is 4.79 Å². The van der Waals surface area contributed by atoms with Crippen molar-refractivity contribution in [1.82, 2.24) is 0 Å². The molecule has 0 spiro atoms. The number of hydrogen-bond donors (Lipinski definition) is 1. The summed E-state index contributed by atoms with van der Waals surface area (Å²) in [6, 6.07) is 0. The number of aliphatic carboxylic acids is 1. The van der Waals surface area contributed by atoms with E-state index in [0.29, 0.717) is 5.41 Å². The molecule has 1 fully saturated rings. The number of carboxylic acids is 1. The summed E-state index contributed by atoms with van der Waals surface area (Å²) in [5.41, 5.74) is 0.482. The second kappa shape index (κ2) is 5.53. The molecule has 2 nitrogen and oxygen atoms in total. The van der Waals surface area contributed by atoms with Gasteiger partial charge < -0.3 is 5.11 Å². The molecular weight excluding hydrogens is 188 g/mol. The molecule has 0 saturated heterocycles. The summed E-state index contributed by atoms with van der Waals surface area (Å²) in [5.74, 6) is -0.650. The van der Waals surface area contributed by atoms with Gasteiger partial charge in [0.1, 0.15) is 0 Å². The zero-order valence-corrected chi connectivity index (χ0v) is 10.1. The van der Waals surface area contributed by atoms with E-state index in [2.05, 4.69) is 13.8 Å². The molecule has 1 aliphatic carbocycles. The fourth-order valence-corrected chi connectivity index (χ4v) is 3.16. The van der Waals surface area contributed by atoms with E-state index in [0.717, 1.165) is 25.7 Å². The molecule has 1 rings (SSSR count). The fourth-order valence-electron chi connectivity index (χ4n) is 3.16. The first-order valence-electron chi connectivity index (χ1n) is 6.36. The molecule has 0 bridgehead atoms. The zero-order chi connectivity index (χ0) is 11.3. The molecule has 0 atom stereocenters. The third kappa shape index (κ3) is 3.22. The predicted molar refractivity (Wildman–Crippen MR) is 61.8 cm³/mol. The molecule has 0 amide bonds. The van der Waals surface area contributed by atoms with E-state index < -0.39 is 5.97 Å². The molecule has 0 radical (unpaired) electrons. The highest BCUT2D eigenvalue weighted by molar-refractivity contribution is 5.70. The Bertz CT molecular complexity index is 195. The highest BCUT2D eigenvalue weighted by atomic mass is 16.4. The molecule has 1 N–H and O–H groups in total. The zero-order valence-electron chi connectivity index (χ0n) is 10.1. The van der Waals surface area contributed by atoms with Gasteiger partial charge in [-0.3, -0.25) is 4.79 Å². The van der Waals surface area contributed by atoms with Crippen molar-refractivity contribution in [2.24, 2.45) is 11.3 Å². The van der Waals surface area contributed by atoms with Gasteiger partial charge in [0, 0.05) is 0 Å². The Hall–Kier alpha value is -0.530. The Morgan fingerprint density at radius 3 is 2.00 bits per heavy atom. The van der Waals surface area contributed by atoms with Gasteiger partial charge in [0.05, 0.1) is 5.92 Å². The summed E-state index contributed by atoms with van der Waals surface area (Å²) < 4.78 is 0. The van der Waals surface area contributed by atoms with Gasteiger partial charge in [-0.1, -0.05) is 26.7 Å². The Morgan fingerprint density at radius 2 is 1.67 bits per heavy atom. The van der Waals surface area contributed by atoms with Crippen molar-refractivity contribution in [2.45, 2.75) is 65.2 Å². The molecule has 88 valence electrons. The highest BCUT2D eigenvalue weighted by Gasteiger charge is 2.35. The van der Waals surface area contributed by atoms with Crippen LogP contribution in [0, 0.1) is 11.3 Å². The Kier molecular flexibility index (Phi) is 4.62. The minimum atomic E-state index is -0.586. The van der Waals surface area contributed by atoms with Gasteiger partial charge in [-0.05, 0) is 43.9 Å². The van der Waals surface area contributed by atoms with Crippen LogP contribution in [-0.2, 0) is 4.79 Å². The van der Waals surface area contributed by atoms with E-state index in [4.69, 9.17) is 5.11 Å². The molecule has 1 saturated carbocycles. The monoisotopic (exact) mass is 212 g/mol. The van der Waals surface area contributed by atoms with Gasteiger partial charge in [-0.2, -0.15) is 0 Å². The normalized spacial score (nSPS) is 21.5. The SMILES string of the molecule is CCCC1(CCC)CCC(C(=O)O)CC1. The standard InChI is InChI=1S/C13H24O2/c1-3-7-13(8-4-2)9-5-11(6-10-13)12(14)15/h11H,3-10H2,1-2H3,(H,14,15). The minimum absolute atomic E-state index is 0.0631. The number of carbonyl (C=O) groups is 1. The summed E-state index contributed by atoms with van der Waals surface area (Å²) in [5, 5.41) is 8.97. The second-order valence-electron chi connectivity index (χ2n) is 5.11. The first kappa shape index (κ1) is 12.5.